The Labute approximate surface area is 203 Å². The maximum absolute atomic E-state index is 13.7. The summed E-state index contributed by atoms with van der Waals surface area (Å²) in [7, 11) is -3.95. The lowest BCUT2D eigenvalue weighted by Gasteiger charge is -2.27. The molecule has 6 heteroatoms. The Morgan fingerprint density at radius 1 is 0.794 bits per heavy atom. The van der Waals surface area contributed by atoms with Gasteiger partial charge in [-0.05, 0) is 100 Å². The van der Waals surface area contributed by atoms with Gasteiger partial charge in [-0.1, -0.05) is 42.0 Å². The second-order valence-electron chi connectivity index (χ2n) is 9.20. The maximum Gasteiger partial charge on any atom is 0.264 e. The maximum atomic E-state index is 13.7. The fourth-order valence-electron chi connectivity index (χ4n) is 4.07. The molecule has 5 nitrogen and oxygen atoms in total. The molecule has 3 aromatic carbocycles. The monoisotopic (exact) mass is 478 g/mol. The number of nitrogens with one attached hydrogen (secondary N) is 1. The van der Waals surface area contributed by atoms with Crippen molar-refractivity contribution < 1.29 is 13.2 Å². The predicted octanol–water partition coefficient (Wildman–Crippen LogP) is 5.61. The number of hydrogen-bond acceptors (Lipinski definition) is 3. The van der Waals surface area contributed by atoms with E-state index < -0.39 is 10.0 Å². The molecule has 0 aliphatic rings. The molecule has 0 saturated heterocycles. The first kappa shape index (κ1) is 25.5. The Balaban J connectivity index is 1.96. The molecule has 0 heterocycles. The molecule has 0 spiro atoms. The van der Waals surface area contributed by atoms with E-state index >= 15 is 0 Å². The Hall–Kier alpha value is -3.12. The number of sulfonamides is 1. The summed E-state index contributed by atoms with van der Waals surface area (Å²) in [4.78, 5) is 13.3. The topological polar surface area (TPSA) is 66.5 Å². The van der Waals surface area contributed by atoms with Gasteiger partial charge in [0.1, 0.15) is 6.54 Å². The van der Waals surface area contributed by atoms with E-state index in [4.69, 9.17) is 0 Å². The van der Waals surface area contributed by atoms with Gasteiger partial charge in [0.15, 0.2) is 0 Å². The molecule has 1 N–H and O–H groups in total. The van der Waals surface area contributed by atoms with Crippen LogP contribution in [-0.4, -0.2) is 20.9 Å². The molecule has 1 amide bonds. The van der Waals surface area contributed by atoms with Gasteiger partial charge in [-0.2, -0.15) is 0 Å². The molecule has 180 valence electrons. The van der Waals surface area contributed by atoms with Gasteiger partial charge in [0.05, 0.1) is 16.6 Å². The Kier molecular flexibility index (Phi) is 7.51. The first-order valence-corrected chi connectivity index (χ1v) is 12.9. The smallest absolute Gasteiger partial charge is 0.264 e. The minimum atomic E-state index is -3.95. The van der Waals surface area contributed by atoms with Gasteiger partial charge in [0, 0.05) is 0 Å². The molecule has 0 aliphatic heterocycles. The summed E-state index contributed by atoms with van der Waals surface area (Å²) >= 11 is 0. The van der Waals surface area contributed by atoms with E-state index in [0.717, 1.165) is 33.4 Å². The second-order valence-corrected chi connectivity index (χ2v) is 11.1. The zero-order valence-electron chi connectivity index (χ0n) is 21.1. The van der Waals surface area contributed by atoms with Crippen molar-refractivity contribution in [2.24, 2.45) is 0 Å². The summed E-state index contributed by atoms with van der Waals surface area (Å²) in [6.07, 6.45) is 0. The third-order valence-electron chi connectivity index (χ3n) is 6.26. The molecule has 0 bridgehead atoms. The molecule has 0 fully saturated rings. The lowest BCUT2D eigenvalue weighted by Crippen LogP contribution is -2.42. The summed E-state index contributed by atoms with van der Waals surface area (Å²) in [5, 5.41) is 3.01. The first-order chi connectivity index (χ1) is 15.9. The van der Waals surface area contributed by atoms with Gasteiger partial charge >= 0.3 is 0 Å². The third-order valence-corrected chi connectivity index (χ3v) is 8.03. The van der Waals surface area contributed by atoms with Crippen molar-refractivity contribution in [3.63, 3.8) is 0 Å². The number of benzene rings is 3. The van der Waals surface area contributed by atoms with Crippen LogP contribution in [-0.2, 0) is 14.8 Å². The standard InChI is InChI=1S/C28H34N2O3S/c1-18-9-12-25(13-10-18)34(32,33)30(27-14-19(2)8-11-20(27)3)17-28(31)29-24(7)26-16-22(5)21(4)15-23(26)6/h8-16,24H,17H2,1-7H3,(H,29,31)/t24-/m0/s1. The van der Waals surface area contributed by atoms with Crippen molar-refractivity contribution in [3.05, 3.63) is 93.5 Å². The molecule has 0 radical (unpaired) electrons. The number of carbonyl (C=O) groups excluding carboxylic acids is 1. The van der Waals surface area contributed by atoms with Gasteiger partial charge in [-0.15, -0.1) is 0 Å². The molecule has 34 heavy (non-hydrogen) atoms. The van der Waals surface area contributed by atoms with Crippen molar-refractivity contribution in [1.82, 2.24) is 5.32 Å². The Bertz CT molecular complexity index is 1310. The Morgan fingerprint density at radius 2 is 1.38 bits per heavy atom. The number of anilines is 1. The normalized spacial score (nSPS) is 12.3. The van der Waals surface area contributed by atoms with E-state index in [1.54, 1.807) is 24.3 Å². The average Bonchev–Trinajstić information content (AvgIpc) is 2.76. The van der Waals surface area contributed by atoms with Crippen LogP contribution in [0.15, 0.2) is 59.5 Å². The molecule has 0 saturated carbocycles. The molecular weight excluding hydrogens is 444 g/mol. The second kappa shape index (κ2) is 10.0. The zero-order valence-corrected chi connectivity index (χ0v) is 21.9. The van der Waals surface area contributed by atoms with E-state index in [-0.39, 0.29) is 23.4 Å². The lowest BCUT2D eigenvalue weighted by molar-refractivity contribution is -0.120. The van der Waals surface area contributed by atoms with Crippen molar-refractivity contribution in [1.29, 1.82) is 0 Å². The van der Waals surface area contributed by atoms with Crippen LogP contribution >= 0.6 is 0 Å². The number of carbonyl (C=O) groups is 1. The largest absolute Gasteiger partial charge is 0.348 e. The minimum Gasteiger partial charge on any atom is -0.348 e. The summed E-state index contributed by atoms with van der Waals surface area (Å²) in [5.74, 6) is -0.360. The summed E-state index contributed by atoms with van der Waals surface area (Å²) in [6.45, 7) is 13.4. The van der Waals surface area contributed by atoms with Gasteiger partial charge < -0.3 is 5.32 Å². The number of rotatable bonds is 7. The Morgan fingerprint density at radius 3 is 2.03 bits per heavy atom. The fraction of sp³-hybridized carbons (Fsp3) is 0.321. The van der Waals surface area contributed by atoms with E-state index in [1.165, 1.54) is 9.87 Å². The van der Waals surface area contributed by atoms with Crippen molar-refractivity contribution >= 4 is 21.6 Å². The lowest BCUT2D eigenvalue weighted by atomic mass is 9.96. The van der Waals surface area contributed by atoms with Crippen LogP contribution in [0.4, 0.5) is 5.69 Å². The molecule has 1 atom stereocenters. The molecule has 3 rings (SSSR count). The van der Waals surface area contributed by atoms with Crippen LogP contribution in [0.5, 0.6) is 0 Å². The molecule has 0 unspecified atom stereocenters. The van der Waals surface area contributed by atoms with Crippen LogP contribution in [0.3, 0.4) is 0 Å². The fourth-order valence-corrected chi connectivity index (χ4v) is 5.55. The highest BCUT2D eigenvalue weighted by Gasteiger charge is 2.29. The SMILES string of the molecule is Cc1ccc(S(=O)(=O)N(CC(=O)N[C@@H](C)c2cc(C)c(C)cc2C)c2cc(C)ccc2C)cc1. The number of aryl methyl sites for hydroxylation is 6. The average molecular weight is 479 g/mol. The highest BCUT2D eigenvalue weighted by atomic mass is 32.2. The van der Waals surface area contributed by atoms with Crippen molar-refractivity contribution in [3.8, 4) is 0 Å². The highest BCUT2D eigenvalue weighted by Crippen LogP contribution is 2.28. The number of nitrogens with zero attached hydrogens (tertiary/aromatic N) is 1. The molecule has 3 aromatic rings. The van der Waals surface area contributed by atoms with Gasteiger partial charge in [0.25, 0.3) is 10.0 Å². The summed E-state index contributed by atoms with van der Waals surface area (Å²) < 4.78 is 28.6. The minimum absolute atomic E-state index is 0.157. The van der Waals surface area contributed by atoms with Crippen molar-refractivity contribution in [2.45, 2.75) is 59.4 Å². The van der Waals surface area contributed by atoms with Crippen LogP contribution in [0, 0.1) is 41.5 Å². The molecule has 0 aliphatic carbocycles. The van der Waals surface area contributed by atoms with Crippen molar-refractivity contribution in [2.75, 3.05) is 10.8 Å². The van der Waals surface area contributed by atoms with Gasteiger partial charge in [-0.25, -0.2) is 8.42 Å². The van der Waals surface area contributed by atoms with E-state index in [2.05, 4.69) is 24.4 Å². The quantitative estimate of drug-likeness (QED) is 0.480. The van der Waals surface area contributed by atoms with E-state index in [1.807, 2.05) is 59.7 Å². The van der Waals surface area contributed by atoms with Crippen LogP contribution < -0.4 is 9.62 Å². The number of amides is 1. The molecular formula is C28H34N2O3S. The van der Waals surface area contributed by atoms with Gasteiger partial charge in [-0.3, -0.25) is 9.10 Å². The predicted molar refractivity (Wildman–Crippen MR) is 139 cm³/mol. The van der Waals surface area contributed by atoms with E-state index in [0.29, 0.717) is 5.69 Å². The third kappa shape index (κ3) is 5.50. The zero-order chi connectivity index (χ0) is 25.2. The van der Waals surface area contributed by atoms with Crippen LogP contribution in [0.25, 0.3) is 0 Å². The highest BCUT2D eigenvalue weighted by molar-refractivity contribution is 7.92. The number of hydrogen-bond donors (Lipinski definition) is 1. The summed E-state index contributed by atoms with van der Waals surface area (Å²) in [6, 6.07) is 16.3. The van der Waals surface area contributed by atoms with Gasteiger partial charge in [0.2, 0.25) is 5.91 Å². The van der Waals surface area contributed by atoms with E-state index in [9.17, 15) is 13.2 Å². The first-order valence-electron chi connectivity index (χ1n) is 11.4. The van der Waals surface area contributed by atoms with Crippen LogP contribution in [0.1, 0.15) is 51.9 Å². The summed E-state index contributed by atoms with van der Waals surface area (Å²) in [5.41, 5.74) is 7.64. The van der Waals surface area contributed by atoms with Crippen LogP contribution in [0.2, 0.25) is 0 Å². The molecule has 0 aromatic heterocycles.